The zero-order valence-electron chi connectivity index (χ0n) is 14.4. The maximum Gasteiger partial charge on any atom is 0.0130 e. The summed E-state index contributed by atoms with van der Waals surface area (Å²) >= 11 is 2.36. The van der Waals surface area contributed by atoms with Crippen molar-refractivity contribution in [2.24, 2.45) is 23.2 Å². The van der Waals surface area contributed by atoms with Crippen LogP contribution in [0.2, 0.25) is 0 Å². The molecule has 3 atom stereocenters. The number of hydrogen-bond acceptors (Lipinski definition) is 0. The van der Waals surface area contributed by atoms with E-state index in [-0.39, 0.29) is 5.41 Å². The third kappa shape index (κ3) is 3.00. The van der Waals surface area contributed by atoms with Crippen molar-refractivity contribution < 1.29 is 0 Å². The molecule has 1 heteroatoms. The largest absolute Gasteiger partial charge is 0.0802 e. The summed E-state index contributed by atoms with van der Waals surface area (Å²) in [5.74, 6) is 1.84. The van der Waals surface area contributed by atoms with E-state index < -0.39 is 0 Å². The van der Waals surface area contributed by atoms with Gasteiger partial charge in [-0.1, -0.05) is 74.9 Å². The highest BCUT2D eigenvalue weighted by Gasteiger charge is 2.47. The van der Waals surface area contributed by atoms with Gasteiger partial charge in [0.05, 0.1) is 0 Å². The minimum Gasteiger partial charge on any atom is -0.0802 e. The normalized spacial score (nSPS) is 30.7. The van der Waals surface area contributed by atoms with Crippen LogP contribution >= 0.6 is 22.6 Å². The third-order valence-electron chi connectivity index (χ3n) is 5.62. The Labute approximate surface area is 154 Å². The molecular weight excluding hydrogens is 391 g/mol. The van der Waals surface area contributed by atoms with Crippen molar-refractivity contribution in [2.75, 3.05) is 0 Å². The summed E-state index contributed by atoms with van der Waals surface area (Å²) in [5, 5.41) is 0. The van der Waals surface area contributed by atoms with Gasteiger partial charge >= 0.3 is 0 Å². The molecule has 0 heterocycles. The molecule has 120 valence electrons. The van der Waals surface area contributed by atoms with Gasteiger partial charge in [0.25, 0.3) is 0 Å². The number of hydrogen-bond donors (Lipinski definition) is 0. The molecule has 0 radical (unpaired) electrons. The first-order chi connectivity index (χ1) is 10.9. The summed E-state index contributed by atoms with van der Waals surface area (Å²) in [4.78, 5) is 0. The lowest BCUT2D eigenvalue weighted by atomic mass is 9.75. The van der Waals surface area contributed by atoms with Crippen molar-refractivity contribution in [3.05, 3.63) is 75.4 Å². The standard InChI is InChI=1S/C22H25I/c1-5-16(17-10-12-18(23)13-11-17)14-21-15(2)19-8-6-7-9-20(19)22(21,3)4/h5-15,19-20H,1-4H3/b16-5+,21-14+/t15?,19-,20?/m0/s1. The molecule has 0 saturated heterocycles. The summed E-state index contributed by atoms with van der Waals surface area (Å²) in [7, 11) is 0. The Morgan fingerprint density at radius 3 is 2.35 bits per heavy atom. The van der Waals surface area contributed by atoms with E-state index in [9.17, 15) is 0 Å². The molecule has 0 nitrogen and oxygen atoms in total. The number of rotatable bonds is 2. The summed E-state index contributed by atoms with van der Waals surface area (Å²) in [6.07, 6.45) is 13.9. The predicted molar refractivity (Wildman–Crippen MR) is 109 cm³/mol. The summed E-state index contributed by atoms with van der Waals surface area (Å²) < 4.78 is 1.28. The van der Waals surface area contributed by atoms with Crippen LogP contribution in [0, 0.1) is 26.7 Å². The summed E-state index contributed by atoms with van der Waals surface area (Å²) in [6, 6.07) is 8.83. The van der Waals surface area contributed by atoms with Gasteiger partial charge in [-0.2, -0.15) is 0 Å². The third-order valence-corrected chi connectivity index (χ3v) is 6.34. The van der Waals surface area contributed by atoms with Crippen molar-refractivity contribution in [2.45, 2.75) is 27.7 Å². The van der Waals surface area contributed by atoms with Gasteiger partial charge in [-0.15, -0.1) is 0 Å². The topological polar surface area (TPSA) is 0 Å². The molecule has 0 aliphatic heterocycles. The maximum atomic E-state index is 2.45. The van der Waals surface area contributed by atoms with Crippen molar-refractivity contribution in [3.63, 3.8) is 0 Å². The Hall–Kier alpha value is -1.09. The van der Waals surface area contributed by atoms with E-state index in [2.05, 4.69) is 111 Å². The van der Waals surface area contributed by atoms with Crippen molar-refractivity contribution in [1.29, 1.82) is 0 Å². The number of benzene rings is 1. The number of allylic oxidation sites excluding steroid dienone is 8. The Morgan fingerprint density at radius 1 is 1.09 bits per heavy atom. The molecule has 1 aromatic carbocycles. The first kappa shape index (κ1) is 16.8. The van der Waals surface area contributed by atoms with Crippen LogP contribution in [-0.4, -0.2) is 0 Å². The van der Waals surface area contributed by atoms with E-state index in [0.29, 0.717) is 17.8 Å². The first-order valence-electron chi connectivity index (χ1n) is 8.44. The fraction of sp³-hybridized carbons (Fsp3) is 0.364. The average Bonchev–Trinajstić information content (AvgIpc) is 2.74. The SMILES string of the molecule is C/C=C(\C=C1/C(C)[C@@H]2C=CC=CC2C1(C)C)c1ccc(I)cc1. The molecular formula is C22H25I. The van der Waals surface area contributed by atoms with Crippen LogP contribution in [0.15, 0.2) is 66.3 Å². The first-order valence-corrected chi connectivity index (χ1v) is 9.52. The van der Waals surface area contributed by atoms with E-state index in [1.165, 1.54) is 14.7 Å². The molecule has 0 bridgehead atoms. The van der Waals surface area contributed by atoms with Crippen LogP contribution < -0.4 is 0 Å². The van der Waals surface area contributed by atoms with Gasteiger partial charge in [-0.25, -0.2) is 0 Å². The van der Waals surface area contributed by atoms with Crippen LogP contribution in [-0.2, 0) is 0 Å². The smallest absolute Gasteiger partial charge is 0.0130 e. The number of halogens is 1. The molecule has 0 N–H and O–H groups in total. The zero-order chi connectivity index (χ0) is 16.6. The summed E-state index contributed by atoms with van der Waals surface area (Å²) in [5.41, 5.74) is 4.44. The minimum absolute atomic E-state index is 0.211. The second-order valence-corrected chi connectivity index (χ2v) is 8.48. The van der Waals surface area contributed by atoms with Crippen molar-refractivity contribution in [1.82, 2.24) is 0 Å². The van der Waals surface area contributed by atoms with Crippen LogP contribution in [0.4, 0.5) is 0 Å². The van der Waals surface area contributed by atoms with Gasteiger partial charge in [0, 0.05) is 3.57 Å². The molecule has 1 saturated carbocycles. The van der Waals surface area contributed by atoms with E-state index in [1.807, 2.05) is 0 Å². The van der Waals surface area contributed by atoms with Crippen LogP contribution in [0.25, 0.3) is 5.57 Å². The molecule has 0 aromatic heterocycles. The Morgan fingerprint density at radius 2 is 1.74 bits per heavy atom. The molecule has 1 aromatic rings. The van der Waals surface area contributed by atoms with Gasteiger partial charge in [0.2, 0.25) is 0 Å². The highest BCUT2D eigenvalue weighted by Crippen LogP contribution is 2.56. The quantitative estimate of drug-likeness (QED) is 0.473. The molecule has 2 aliphatic carbocycles. The second-order valence-electron chi connectivity index (χ2n) is 7.23. The fourth-order valence-corrected chi connectivity index (χ4v) is 4.63. The molecule has 3 rings (SSSR count). The molecule has 0 amide bonds. The van der Waals surface area contributed by atoms with Gasteiger partial charge in [0.15, 0.2) is 0 Å². The highest BCUT2D eigenvalue weighted by atomic mass is 127. The van der Waals surface area contributed by atoms with Crippen LogP contribution in [0.3, 0.4) is 0 Å². The second kappa shape index (κ2) is 6.43. The lowest BCUT2D eigenvalue weighted by Gasteiger charge is -2.29. The van der Waals surface area contributed by atoms with Crippen molar-refractivity contribution >= 4 is 28.2 Å². The van der Waals surface area contributed by atoms with Gasteiger partial charge in [-0.3, -0.25) is 0 Å². The Bertz CT molecular complexity index is 698. The monoisotopic (exact) mass is 416 g/mol. The number of fused-ring (bicyclic) bond motifs is 1. The lowest BCUT2D eigenvalue weighted by molar-refractivity contribution is 0.323. The zero-order valence-corrected chi connectivity index (χ0v) is 16.5. The van der Waals surface area contributed by atoms with E-state index in [0.717, 1.165) is 0 Å². The molecule has 23 heavy (non-hydrogen) atoms. The van der Waals surface area contributed by atoms with E-state index in [4.69, 9.17) is 0 Å². The predicted octanol–water partition coefficient (Wildman–Crippen LogP) is 6.66. The molecule has 1 fully saturated rings. The fourth-order valence-electron chi connectivity index (χ4n) is 4.27. The summed E-state index contributed by atoms with van der Waals surface area (Å²) in [6.45, 7) is 9.35. The van der Waals surface area contributed by atoms with Crippen molar-refractivity contribution in [3.8, 4) is 0 Å². The maximum absolute atomic E-state index is 2.45. The van der Waals surface area contributed by atoms with E-state index >= 15 is 0 Å². The highest BCUT2D eigenvalue weighted by molar-refractivity contribution is 14.1. The molecule has 2 aliphatic rings. The molecule has 2 unspecified atom stereocenters. The minimum atomic E-state index is 0.211. The Balaban J connectivity index is 2.01. The molecule has 0 spiro atoms. The average molecular weight is 416 g/mol. The van der Waals surface area contributed by atoms with Gasteiger partial charge in [-0.05, 0) is 76.0 Å². The van der Waals surface area contributed by atoms with E-state index in [1.54, 1.807) is 5.57 Å². The lowest BCUT2D eigenvalue weighted by Crippen LogP contribution is -2.21. The van der Waals surface area contributed by atoms with Gasteiger partial charge < -0.3 is 0 Å². The Kier molecular flexibility index (Phi) is 4.68. The van der Waals surface area contributed by atoms with Crippen LogP contribution in [0.1, 0.15) is 33.3 Å². The van der Waals surface area contributed by atoms with Gasteiger partial charge in [0.1, 0.15) is 0 Å². The van der Waals surface area contributed by atoms with Crippen LogP contribution in [0.5, 0.6) is 0 Å².